The fourth-order valence-electron chi connectivity index (χ4n) is 3.22. The number of alkyl halides is 1. The molecular weight excluding hydrogens is 369 g/mol. The van der Waals surface area contributed by atoms with E-state index in [2.05, 4.69) is 15.0 Å². The van der Waals surface area contributed by atoms with Crippen molar-refractivity contribution in [2.45, 2.75) is 24.6 Å². The Kier molecular flexibility index (Phi) is 4.75. The minimum Gasteiger partial charge on any atom is -0.394 e. The Morgan fingerprint density at radius 3 is 2.71 bits per heavy atom. The van der Waals surface area contributed by atoms with Crippen LogP contribution in [0.3, 0.4) is 0 Å². The van der Waals surface area contributed by atoms with Crippen molar-refractivity contribution in [1.29, 1.82) is 0 Å². The number of carbonyl (C=O) groups is 1. The van der Waals surface area contributed by atoms with E-state index in [4.69, 9.17) is 4.74 Å². The zero-order chi connectivity index (χ0) is 19.8. The fraction of sp³-hybridized carbons (Fsp3) is 0.333. The molecule has 0 spiro atoms. The Morgan fingerprint density at radius 2 is 2.04 bits per heavy atom. The molecule has 9 nitrogen and oxygen atoms in total. The van der Waals surface area contributed by atoms with Gasteiger partial charge in [0.25, 0.3) is 5.91 Å². The highest BCUT2D eigenvalue weighted by Gasteiger charge is 2.45. The average Bonchev–Trinajstić information content (AvgIpc) is 3.28. The van der Waals surface area contributed by atoms with Gasteiger partial charge in [-0.15, -0.1) is 0 Å². The summed E-state index contributed by atoms with van der Waals surface area (Å²) in [5.41, 5.74) is 1.01. The first-order valence-electron chi connectivity index (χ1n) is 8.62. The molecule has 28 heavy (non-hydrogen) atoms. The maximum atomic E-state index is 14.5. The predicted octanol–water partition coefficient (Wildman–Crippen LogP) is 0.692. The standard InChI is InChI=1S/C18H18FN5O4/c1-23(17(27)10-5-3-2-4-6-10)15-13-16(21-8-20-15)24(9-22-13)18-12(19)14(26)11(7-25)28-18/h2-6,8-9,11-12,14,18,25-26H,7H2,1H3/t11-,12-,14-,18-/m1/s1. The van der Waals surface area contributed by atoms with Gasteiger partial charge in [-0.2, -0.15) is 0 Å². The minimum atomic E-state index is -1.77. The summed E-state index contributed by atoms with van der Waals surface area (Å²) in [4.78, 5) is 26.6. The van der Waals surface area contributed by atoms with E-state index in [0.717, 1.165) is 0 Å². The van der Waals surface area contributed by atoms with Crippen LogP contribution in [-0.2, 0) is 4.74 Å². The van der Waals surface area contributed by atoms with E-state index in [0.29, 0.717) is 5.56 Å². The van der Waals surface area contributed by atoms with Crippen LogP contribution in [0.2, 0.25) is 0 Å². The summed E-state index contributed by atoms with van der Waals surface area (Å²) in [5, 5.41) is 19.1. The lowest BCUT2D eigenvalue weighted by Crippen LogP contribution is -2.30. The largest absolute Gasteiger partial charge is 0.394 e. The van der Waals surface area contributed by atoms with Gasteiger partial charge in [-0.3, -0.25) is 14.3 Å². The molecule has 0 saturated carbocycles. The third kappa shape index (κ3) is 2.91. The van der Waals surface area contributed by atoms with Crippen molar-refractivity contribution in [3.05, 3.63) is 48.5 Å². The normalized spacial score (nSPS) is 24.6. The van der Waals surface area contributed by atoms with Crippen LogP contribution in [-0.4, -0.2) is 67.7 Å². The Morgan fingerprint density at radius 1 is 1.29 bits per heavy atom. The lowest BCUT2D eigenvalue weighted by molar-refractivity contribution is -0.0459. The van der Waals surface area contributed by atoms with E-state index in [1.165, 1.54) is 22.1 Å². The van der Waals surface area contributed by atoms with Crippen molar-refractivity contribution >= 4 is 22.9 Å². The van der Waals surface area contributed by atoms with Crippen LogP contribution in [0.5, 0.6) is 0 Å². The van der Waals surface area contributed by atoms with Gasteiger partial charge < -0.3 is 14.9 Å². The Balaban J connectivity index is 1.71. The summed E-state index contributed by atoms with van der Waals surface area (Å²) in [7, 11) is 1.56. The number of fused-ring (bicyclic) bond motifs is 1. The Hall–Kier alpha value is -2.95. The maximum Gasteiger partial charge on any atom is 0.259 e. The number of anilines is 1. The van der Waals surface area contributed by atoms with Gasteiger partial charge in [0.1, 0.15) is 18.5 Å². The first-order chi connectivity index (χ1) is 13.5. The van der Waals surface area contributed by atoms with E-state index in [1.54, 1.807) is 31.3 Å². The summed E-state index contributed by atoms with van der Waals surface area (Å²) in [6.45, 7) is -0.515. The van der Waals surface area contributed by atoms with Crippen LogP contribution in [0, 0.1) is 0 Å². The van der Waals surface area contributed by atoms with E-state index >= 15 is 0 Å². The van der Waals surface area contributed by atoms with Crippen LogP contribution >= 0.6 is 0 Å². The first-order valence-corrected chi connectivity index (χ1v) is 8.62. The summed E-state index contributed by atoms with van der Waals surface area (Å²) in [5.74, 6) is -0.0309. The molecule has 1 aliphatic heterocycles. The molecule has 3 aromatic rings. The number of benzene rings is 1. The summed E-state index contributed by atoms with van der Waals surface area (Å²) in [6.07, 6.45) is -2.91. The van der Waals surface area contributed by atoms with Gasteiger partial charge in [0.2, 0.25) is 0 Å². The molecule has 1 aromatic carbocycles. The maximum absolute atomic E-state index is 14.5. The second-order valence-corrected chi connectivity index (χ2v) is 6.43. The van der Waals surface area contributed by atoms with E-state index in [1.807, 2.05) is 6.07 Å². The second kappa shape index (κ2) is 7.23. The summed E-state index contributed by atoms with van der Waals surface area (Å²) in [6, 6.07) is 8.70. The van der Waals surface area contributed by atoms with Crippen molar-refractivity contribution in [2.75, 3.05) is 18.6 Å². The quantitative estimate of drug-likeness (QED) is 0.677. The molecule has 1 saturated heterocycles. The first kappa shape index (κ1) is 18.4. The number of rotatable bonds is 4. The lowest BCUT2D eigenvalue weighted by Gasteiger charge is -2.17. The predicted molar refractivity (Wildman–Crippen MR) is 96.4 cm³/mol. The molecular formula is C18H18FN5O4. The summed E-state index contributed by atoms with van der Waals surface area (Å²) >= 11 is 0. The topological polar surface area (TPSA) is 114 Å². The third-order valence-corrected chi connectivity index (χ3v) is 4.73. The Labute approximate surface area is 159 Å². The number of aliphatic hydroxyl groups is 2. The van der Waals surface area contributed by atoms with Gasteiger partial charge in [-0.25, -0.2) is 19.3 Å². The molecule has 1 amide bonds. The van der Waals surface area contributed by atoms with Crippen molar-refractivity contribution < 1.29 is 24.1 Å². The highest BCUT2D eigenvalue weighted by atomic mass is 19.1. The smallest absolute Gasteiger partial charge is 0.259 e. The molecule has 2 N–H and O–H groups in total. The molecule has 0 unspecified atom stereocenters. The molecule has 10 heteroatoms. The van der Waals surface area contributed by atoms with E-state index in [-0.39, 0.29) is 22.9 Å². The highest BCUT2D eigenvalue weighted by Crippen LogP contribution is 2.34. The van der Waals surface area contributed by atoms with Gasteiger partial charge in [0.05, 0.1) is 12.9 Å². The van der Waals surface area contributed by atoms with Crippen LogP contribution in [0.25, 0.3) is 11.2 Å². The number of ether oxygens (including phenoxy) is 1. The number of halogens is 1. The van der Waals surface area contributed by atoms with Gasteiger partial charge in [0.15, 0.2) is 29.4 Å². The van der Waals surface area contributed by atoms with Crippen LogP contribution in [0.15, 0.2) is 43.0 Å². The molecule has 3 heterocycles. The average molecular weight is 387 g/mol. The van der Waals surface area contributed by atoms with Crippen LogP contribution < -0.4 is 4.90 Å². The van der Waals surface area contributed by atoms with Crippen molar-refractivity contribution in [3.8, 4) is 0 Å². The minimum absolute atomic E-state index is 0.246. The van der Waals surface area contributed by atoms with Crippen LogP contribution in [0.1, 0.15) is 16.6 Å². The fourth-order valence-corrected chi connectivity index (χ4v) is 3.22. The molecule has 4 rings (SSSR count). The Bertz CT molecular complexity index is 998. The monoisotopic (exact) mass is 387 g/mol. The molecule has 0 radical (unpaired) electrons. The number of aromatic nitrogens is 4. The van der Waals surface area contributed by atoms with Crippen LogP contribution in [0.4, 0.5) is 10.2 Å². The second-order valence-electron chi connectivity index (χ2n) is 6.43. The highest BCUT2D eigenvalue weighted by molar-refractivity contribution is 6.08. The number of imidazole rings is 1. The van der Waals surface area contributed by atoms with Gasteiger partial charge in [0, 0.05) is 12.6 Å². The number of aliphatic hydroxyl groups excluding tert-OH is 2. The van der Waals surface area contributed by atoms with Gasteiger partial charge >= 0.3 is 0 Å². The zero-order valence-electron chi connectivity index (χ0n) is 14.9. The lowest BCUT2D eigenvalue weighted by atomic mass is 10.1. The number of nitrogens with zero attached hydrogens (tertiary/aromatic N) is 5. The molecule has 2 aromatic heterocycles. The number of amides is 1. The zero-order valence-corrected chi connectivity index (χ0v) is 14.9. The molecule has 1 aliphatic rings. The van der Waals surface area contributed by atoms with Gasteiger partial charge in [-0.05, 0) is 12.1 Å². The van der Waals surface area contributed by atoms with Crippen molar-refractivity contribution in [1.82, 2.24) is 19.5 Å². The number of hydrogen-bond donors (Lipinski definition) is 2. The van der Waals surface area contributed by atoms with E-state index < -0.39 is 31.2 Å². The number of hydrogen-bond acceptors (Lipinski definition) is 7. The van der Waals surface area contributed by atoms with E-state index in [9.17, 15) is 19.4 Å². The number of carbonyl (C=O) groups excluding carboxylic acids is 1. The van der Waals surface area contributed by atoms with Gasteiger partial charge in [-0.1, -0.05) is 18.2 Å². The SMILES string of the molecule is CN(C(=O)c1ccccc1)c1ncnc2c1ncn2[C@@H]1O[C@H](CO)[C@@H](O)[C@H]1F. The molecule has 4 atom stereocenters. The summed E-state index contributed by atoms with van der Waals surface area (Å²) < 4.78 is 21.2. The molecule has 1 fully saturated rings. The molecule has 0 aliphatic carbocycles. The van der Waals surface area contributed by atoms with Crippen molar-refractivity contribution in [2.24, 2.45) is 0 Å². The molecule has 0 bridgehead atoms. The third-order valence-electron chi connectivity index (χ3n) is 4.73. The van der Waals surface area contributed by atoms with Crippen molar-refractivity contribution in [3.63, 3.8) is 0 Å². The molecule has 146 valence electrons.